The Morgan fingerprint density at radius 2 is 1.00 bits per heavy atom. The second-order valence-corrected chi connectivity index (χ2v) is 14.6. The molecule has 3 heterocycles. The number of fused-ring (bicyclic) bond motifs is 9. The van der Waals surface area contributed by atoms with Crippen LogP contribution >= 0.6 is 11.3 Å². The Labute approximate surface area is 308 Å². The van der Waals surface area contributed by atoms with E-state index in [1.54, 1.807) is 12.1 Å². The Kier molecular flexibility index (Phi) is 6.60. The van der Waals surface area contributed by atoms with Crippen LogP contribution < -0.4 is 4.90 Å². The fourth-order valence-electron chi connectivity index (χ4n) is 8.28. The average Bonchev–Trinajstić information content (AvgIpc) is 3.86. The summed E-state index contributed by atoms with van der Waals surface area (Å²) in [5.74, 6) is -0.243. The van der Waals surface area contributed by atoms with Crippen molar-refractivity contribution in [3.63, 3.8) is 0 Å². The van der Waals surface area contributed by atoms with Crippen LogP contribution in [-0.2, 0) is 0 Å². The Morgan fingerprint density at radius 1 is 0.396 bits per heavy atom. The Bertz CT molecular complexity index is 3190. The van der Waals surface area contributed by atoms with E-state index in [0.29, 0.717) is 0 Å². The van der Waals surface area contributed by atoms with Crippen LogP contribution in [0.2, 0.25) is 0 Å². The van der Waals surface area contributed by atoms with E-state index < -0.39 is 0 Å². The van der Waals surface area contributed by atoms with Gasteiger partial charge in [-0.05, 0) is 84.9 Å². The molecular formula is C48H30FN3S. The number of benzene rings is 8. The first-order chi connectivity index (χ1) is 26.2. The van der Waals surface area contributed by atoms with Crippen molar-refractivity contribution in [3.8, 4) is 11.4 Å². The summed E-state index contributed by atoms with van der Waals surface area (Å²) in [4.78, 5) is 2.40. The number of anilines is 3. The van der Waals surface area contributed by atoms with Gasteiger partial charge in [0.2, 0.25) is 0 Å². The molecule has 11 aromatic rings. The van der Waals surface area contributed by atoms with Crippen LogP contribution in [0.1, 0.15) is 0 Å². The predicted molar refractivity (Wildman–Crippen MR) is 223 cm³/mol. The zero-order valence-corrected chi connectivity index (χ0v) is 29.3. The molecule has 0 saturated carbocycles. The average molecular weight is 700 g/mol. The predicted octanol–water partition coefficient (Wildman–Crippen LogP) is 13.9. The van der Waals surface area contributed by atoms with Gasteiger partial charge in [-0.2, -0.15) is 0 Å². The number of nitrogens with zero attached hydrogens (tertiary/aromatic N) is 3. The number of hydrogen-bond donors (Lipinski definition) is 0. The lowest BCUT2D eigenvalue weighted by Gasteiger charge is -2.27. The van der Waals surface area contributed by atoms with Gasteiger partial charge in [-0.15, -0.1) is 11.3 Å². The van der Waals surface area contributed by atoms with Crippen LogP contribution in [0.3, 0.4) is 0 Å². The second kappa shape index (κ2) is 11.7. The van der Waals surface area contributed by atoms with Gasteiger partial charge in [0.05, 0.1) is 27.8 Å². The van der Waals surface area contributed by atoms with Crippen molar-refractivity contribution in [2.24, 2.45) is 0 Å². The second-order valence-electron chi connectivity index (χ2n) is 13.5. The topological polar surface area (TPSA) is 13.1 Å². The Hall–Kier alpha value is -6.69. The molecule has 53 heavy (non-hydrogen) atoms. The summed E-state index contributed by atoms with van der Waals surface area (Å²) in [6.45, 7) is 0. The van der Waals surface area contributed by atoms with E-state index in [2.05, 4.69) is 172 Å². The minimum Gasteiger partial charge on any atom is -0.309 e. The van der Waals surface area contributed by atoms with Crippen LogP contribution in [0.25, 0.3) is 75.2 Å². The molecule has 0 bridgehead atoms. The van der Waals surface area contributed by atoms with E-state index in [1.165, 1.54) is 30.9 Å². The monoisotopic (exact) mass is 699 g/mol. The van der Waals surface area contributed by atoms with Crippen molar-refractivity contribution in [1.29, 1.82) is 0 Å². The maximum Gasteiger partial charge on any atom is 0.123 e. The molecule has 0 saturated heterocycles. The molecule has 8 aromatic carbocycles. The summed E-state index contributed by atoms with van der Waals surface area (Å²) in [5, 5.41) is 6.81. The van der Waals surface area contributed by atoms with Crippen molar-refractivity contribution < 1.29 is 4.39 Å². The third kappa shape index (κ3) is 4.57. The maximum atomic E-state index is 14.8. The summed E-state index contributed by atoms with van der Waals surface area (Å²) in [6, 6.07) is 63.5. The number of aromatic nitrogens is 2. The highest BCUT2D eigenvalue weighted by atomic mass is 32.1. The van der Waals surface area contributed by atoms with Crippen molar-refractivity contribution >= 4 is 92.2 Å². The minimum atomic E-state index is -0.243. The highest BCUT2D eigenvalue weighted by Gasteiger charge is 2.23. The van der Waals surface area contributed by atoms with E-state index >= 15 is 0 Å². The Morgan fingerprint density at radius 3 is 1.81 bits per heavy atom. The minimum absolute atomic E-state index is 0.243. The number of halogens is 1. The van der Waals surface area contributed by atoms with Gasteiger partial charge in [0.25, 0.3) is 0 Å². The standard InChI is InChI=1S/C48H30FN3S/c49-31-22-27-43-41(28-31)37-25-23-34(29-45(37)51(43)32-12-3-1-4-13-32)50(35-24-26-39-38-17-8-10-21-46(38)53-47(39)30-35)44-20-11-18-40-36-16-7-9-19-42(36)52(48(40)44)33-14-5-2-6-15-33/h1-30H. The van der Waals surface area contributed by atoms with E-state index in [-0.39, 0.29) is 5.82 Å². The molecule has 3 nitrogen and oxygen atoms in total. The van der Waals surface area contributed by atoms with E-state index in [1.807, 2.05) is 23.5 Å². The van der Waals surface area contributed by atoms with Gasteiger partial charge in [0.15, 0.2) is 0 Å². The van der Waals surface area contributed by atoms with Crippen LogP contribution in [0, 0.1) is 5.82 Å². The van der Waals surface area contributed by atoms with E-state index in [9.17, 15) is 4.39 Å². The fraction of sp³-hybridized carbons (Fsp3) is 0. The molecule has 0 N–H and O–H groups in total. The molecule has 0 radical (unpaired) electrons. The molecule has 0 spiro atoms. The summed E-state index contributed by atoms with van der Waals surface area (Å²) in [7, 11) is 0. The molecule has 0 fully saturated rings. The normalized spacial score (nSPS) is 11.9. The van der Waals surface area contributed by atoms with Crippen molar-refractivity contribution in [1.82, 2.24) is 9.13 Å². The van der Waals surface area contributed by atoms with Gasteiger partial charge in [-0.1, -0.05) is 97.1 Å². The van der Waals surface area contributed by atoms with Gasteiger partial charge < -0.3 is 14.0 Å². The third-order valence-corrected chi connectivity index (χ3v) is 11.7. The molecule has 0 unspecified atom stereocenters. The van der Waals surface area contributed by atoms with Crippen molar-refractivity contribution in [2.75, 3.05) is 4.90 Å². The quantitative estimate of drug-likeness (QED) is 0.174. The lowest BCUT2D eigenvalue weighted by molar-refractivity contribution is 0.629. The fourth-order valence-corrected chi connectivity index (χ4v) is 9.42. The molecule has 5 heteroatoms. The first kappa shape index (κ1) is 30.0. The molecule has 11 rings (SSSR count). The highest BCUT2D eigenvalue weighted by Crippen LogP contribution is 2.46. The SMILES string of the molecule is Fc1ccc2c(c1)c1ccc(N(c3ccc4c(c3)sc3ccccc34)c3cccc4c5ccccc5n(-c5ccccc5)c34)cc1n2-c1ccccc1. The summed E-state index contributed by atoms with van der Waals surface area (Å²) >= 11 is 1.83. The molecule has 0 atom stereocenters. The molecule has 3 aromatic heterocycles. The van der Waals surface area contributed by atoms with E-state index in [0.717, 1.165) is 61.3 Å². The summed E-state index contributed by atoms with van der Waals surface area (Å²) in [5.41, 5.74) is 9.53. The van der Waals surface area contributed by atoms with Crippen molar-refractivity contribution in [2.45, 2.75) is 0 Å². The van der Waals surface area contributed by atoms with E-state index in [4.69, 9.17) is 0 Å². The molecule has 0 amide bonds. The number of para-hydroxylation sites is 4. The third-order valence-electron chi connectivity index (χ3n) is 10.5. The Balaban J connectivity index is 1.25. The van der Waals surface area contributed by atoms with Crippen LogP contribution in [-0.4, -0.2) is 9.13 Å². The molecule has 0 aliphatic rings. The van der Waals surface area contributed by atoms with Gasteiger partial charge in [-0.25, -0.2) is 4.39 Å². The zero-order chi connectivity index (χ0) is 35.0. The zero-order valence-electron chi connectivity index (χ0n) is 28.4. The van der Waals surface area contributed by atoms with Crippen molar-refractivity contribution in [3.05, 3.63) is 188 Å². The molecule has 0 aliphatic heterocycles. The molecule has 0 aliphatic carbocycles. The summed E-state index contributed by atoms with van der Waals surface area (Å²) < 4.78 is 22.0. The maximum absolute atomic E-state index is 14.8. The summed E-state index contributed by atoms with van der Waals surface area (Å²) in [6.07, 6.45) is 0. The lowest BCUT2D eigenvalue weighted by Crippen LogP contribution is -2.12. The first-order valence-corrected chi connectivity index (χ1v) is 18.6. The van der Waals surface area contributed by atoms with Crippen LogP contribution in [0.4, 0.5) is 21.5 Å². The lowest BCUT2D eigenvalue weighted by atomic mass is 10.1. The number of hydrogen-bond acceptors (Lipinski definition) is 2. The number of thiophene rings is 1. The van der Waals surface area contributed by atoms with Gasteiger partial charge in [0, 0.05) is 64.5 Å². The highest BCUT2D eigenvalue weighted by molar-refractivity contribution is 7.25. The van der Waals surface area contributed by atoms with Gasteiger partial charge in [0.1, 0.15) is 5.82 Å². The van der Waals surface area contributed by atoms with Gasteiger partial charge >= 0.3 is 0 Å². The van der Waals surface area contributed by atoms with Crippen LogP contribution in [0.5, 0.6) is 0 Å². The smallest absolute Gasteiger partial charge is 0.123 e. The largest absolute Gasteiger partial charge is 0.309 e. The van der Waals surface area contributed by atoms with Gasteiger partial charge in [-0.3, -0.25) is 0 Å². The molecule has 250 valence electrons. The number of rotatable bonds is 5. The first-order valence-electron chi connectivity index (χ1n) is 17.8. The van der Waals surface area contributed by atoms with Crippen LogP contribution in [0.15, 0.2) is 182 Å². The molecular weight excluding hydrogens is 670 g/mol.